The molecule has 0 heterocycles. The van der Waals surface area contributed by atoms with E-state index < -0.39 is 11.8 Å². The molecule has 0 aliphatic rings. The third-order valence-electron chi connectivity index (χ3n) is 4.72. The van der Waals surface area contributed by atoms with E-state index in [-0.39, 0.29) is 33.3 Å². The molecule has 4 N–H and O–H groups in total. The van der Waals surface area contributed by atoms with Gasteiger partial charge in [-0.2, -0.15) is 5.10 Å². The van der Waals surface area contributed by atoms with E-state index in [1.54, 1.807) is 24.3 Å². The second-order valence-corrected chi connectivity index (χ2v) is 7.83. The number of benzene rings is 3. The molecule has 0 aliphatic carbocycles. The number of amides is 2. The van der Waals surface area contributed by atoms with E-state index in [1.807, 2.05) is 43.3 Å². The maximum atomic E-state index is 12.9. The third-order valence-corrected chi connectivity index (χ3v) is 5.05. The second kappa shape index (κ2) is 11.0. The number of hydrazone groups is 1. The fourth-order valence-electron chi connectivity index (χ4n) is 2.89. The Labute approximate surface area is 201 Å². The smallest absolute Gasteiger partial charge is 0.287 e. The van der Waals surface area contributed by atoms with E-state index in [0.717, 1.165) is 11.8 Å². The Balaban J connectivity index is 1.85. The minimum atomic E-state index is -0.688. The Morgan fingerprint density at radius 2 is 1.71 bits per heavy atom. The summed E-state index contributed by atoms with van der Waals surface area (Å²) in [5.74, 6) is -1.56. The highest BCUT2D eigenvalue weighted by molar-refractivity contribution is 6.34. The number of aromatic hydroxyl groups is 2. The predicted molar refractivity (Wildman–Crippen MR) is 133 cm³/mol. The molecule has 0 fully saturated rings. The van der Waals surface area contributed by atoms with Gasteiger partial charge in [0.2, 0.25) is 0 Å². The number of nitrogens with one attached hydrogen (secondary N) is 2. The molecule has 0 atom stereocenters. The average Bonchev–Trinajstić information content (AvgIpc) is 2.80. The molecule has 0 spiro atoms. The van der Waals surface area contributed by atoms with Gasteiger partial charge in [0.1, 0.15) is 17.2 Å². The van der Waals surface area contributed by atoms with Crippen LogP contribution in [0.5, 0.6) is 11.5 Å². The number of halogens is 1. The lowest BCUT2D eigenvalue weighted by molar-refractivity contribution is -0.117. The van der Waals surface area contributed by atoms with Crippen LogP contribution in [0.2, 0.25) is 5.02 Å². The van der Waals surface area contributed by atoms with Crippen LogP contribution in [0.1, 0.15) is 21.5 Å². The molecule has 0 aliphatic heterocycles. The van der Waals surface area contributed by atoms with Crippen LogP contribution in [0.4, 0.5) is 5.69 Å². The molecule has 0 saturated heterocycles. The van der Waals surface area contributed by atoms with Gasteiger partial charge in [0.25, 0.3) is 11.8 Å². The summed E-state index contributed by atoms with van der Waals surface area (Å²) >= 11 is 6.12. The van der Waals surface area contributed by atoms with E-state index in [0.29, 0.717) is 5.56 Å². The summed E-state index contributed by atoms with van der Waals surface area (Å²) in [7, 11) is 3.83. The quantitative estimate of drug-likeness (QED) is 0.235. The first kappa shape index (κ1) is 24.3. The molecule has 8 nitrogen and oxygen atoms in total. The van der Waals surface area contributed by atoms with Crippen molar-refractivity contribution in [2.75, 3.05) is 19.0 Å². The summed E-state index contributed by atoms with van der Waals surface area (Å²) in [5.41, 5.74) is 4.41. The van der Waals surface area contributed by atoms with Gasteiger partial charge in [-0.05, 0) is 48.0 Å². The number of carbonyl (C=O) groups excluding carboxylic acids is 2. The molecule has 9 heteroatoms. The van der Waals surface area contributed by atoms with Gasteiger partial charge in [-0.1, -0.05) is 35.9 Å². The monoisotopic (exact) mass is 478 g/mol. The Kier molecular flexibility index (Phi) is 7.89. The van der Waals surface area contributed by atoms with Crippen molar-refractivity contribution in [2.45, 2.75) is 0 Å². The minimum absolute atomic E-state index is 0.0606. The number of anilines is 1. The van der Waals surface area contributed by atoms with Crippen LogP contribution >= 0.6 is 11.6 Å². The minimum Gasteiger partial charge on any atom is -0.508 e. The van der Waals surface area contributed by atoms with Crippen molar-refractivity contribution in [3.63, 3.8) is 0 Å². The van der Waals surface area contributed by atoms with Crippen LogP contribution in [-0.4, -0.2) is 42.3 Å². The molecule has 0 radical (unpaired) electrons. The molecule has 0 bridgehead atoms. The molecule has 2 amide bonds. The maximum Gasteiger partial charge on any atom is 0.287 e. The molecule has 174 valence electrons. The first-order valence-electron chi connectivity index (χ1n) is 10.1. The van der Waals surface area contributed by atoms with Crippen molar-refractivity contribution in [2.24, 2.45) is 5.10 Å². The number of hydrogen-bond acceptors (Lipinski definition) is 6. The van der Waals surface area contributed by atoms with Gasteiger partial charge in [0, 0.05) is 31.4 Å². The SMILES string of the molecule is CN(C)c1ccc(/C=C(/NC(=O)c2ccccc2Cl)C(=O)NN=Cc2ccc(O)cc2O)cc1. The van der Waals surface area contributed by atoms with E-state index in [4.69, 9.17) is 11.6 Å². The van der Waals surface area contributed by atoms with Gasteiger partial charge in [-0.3, -0.25) is 9.59 Å². The maximum absolute atomic E-state index is 12.9. The lowest BCUT2D eigenvalue weighted by Gasteiger charge is -2.13. The molecule has 34 heavy (non-hydrogen) atoms. The van der Waals surface area contributed by atoms with Gasteiger partial charge >= 0.3 is 0 Å². The second-order valence-electron chi connectivity index (χ2n) is 7.42. The zero-order valence-electron chi connectivity index (χ0n) is 18.5. The van der Waals surface area contributed by atoms with Crippen LogP contribution in [0, 0.1) is 0 Å². The van der Waals surface area contributed by atoms with Crippen LogP contribution < -0.4 is 15.6 Å². The number of phenolic OH excluding ortho intramolecular Hbond substituents is 2. The first-order valence-corrected chi connectivity index (χ1v) is 10.5. The van der Waals surface area contributed by atoms with Crippen molar-refractivity contribution >= 4 is 41.4 Å². The zero-order chi connectivity index (χ0) is 24.7. The molecule has 3 aromatic carbocycles. The van der Waals surface area contributed by atoms with E-state index >= 15 is 0 Å². The summed E-state index contributed by atoms with van der Waals surface area (Å²) in [6, 6.07) is 17.8. The highest BCUT2D eigenvalue weighted by Gasteiger charge is 2.16. The van der Waals surface area contributed by atoms with Crippen molar-refractivity contribution in [1.82, 2.24) is 10.7 Å². The molecule has 3 aromatic rings. The number of phenols is 2. The topological polar surface area (TPSA) is 114 Å². The lowest BCUT2D eigenvalue weighted by Crippen LogP contribution is -2.33. The molecule has 0 unspecified atom stereocenters. The van der Waals surface area contributed by atoms with Crippen LogP contribution in [0.3, 0.4) is 0 Å². The highest BCUT2D eigenvalue weighted by Crippen LogP contribution is 2.21. The van der Waals surface area contributed by atoms with Crippen molar-refractivity contribution in [3.05, 3.63) is 94.1 Å². The number of rotatable bonds is 7. The summed E-state index contributed by atoms with van der Waals surface area (Å²) in [6.07, 6.45) is 2.73. The molecular weight excluding hydrogens is 456 g/mol. The average molecular weight is 479 g/mol. The number of nitrogens with zero attached hydrogens (tertiary/aromatic N) is 2. The van der Waals surface area contributed by atoms with E-state index in [9.17, 15) is 19.8 Å². The zero-order valence-corrected chi connectivity index (χ0v) is 19.2. The Morgan fingerprint density at radius 3 is 2.35 bits per heavy atom. The largest absolute Gasteiger partial charge is 0.508 e. The lowest BCUT2D eigenvalue weighted by atomic mass is 10.1. The van der Waals surface area contributed by atoms with Crippen LogP contribution in [0.15, 0.2) is 77.5 Å². The van der Waals surface area contributed by atoms with Crippen molar-refractivity contribution in [1.29, 1.82) is 0 Å². The first-order chi connectivity index (χ1) is 16.2. The fourth-order valence-corrected chi connectivity index (χ4v) is 3.11. The predicted octanol–water partition coefficient (Wildman–Crippen LogP) is 3.74. The van der Waals surface area contributed by atoms with E-state index in [1.165, 1.54) is 24.4 Å². The Bertz CT molecular complexity index is 1250. The standard InChI is InChI=1S/C25H23ClN4O4/c1-30(2)18-10-7-16(8-11-18)13-22(28-24(33)20-5-3-4-6-21(20)26)25(34)29-27-15-17-9-12-19(31)14-23(17)32/h3-15,31-32H,1-2H3,(H,28,33)(H,29,34)/b22-13+,27-15?. The molecular formula is C25H23ClN4O4. The third kappa shape index (κ3) is 6.36. The van der Waals surface area contributed by atoms with Gasteiger partial charge in [0.15, 0.2) is 0 Å². The van der Waals surface area contributed by atoms with Crippen LogP contribution in [-0.2, 0) is 4.79 Å². The van der Waals surface area contributed by atoms with Crippen molar-refractivity contribution in [3.8, 4) is 11.5 Å². The van der Waals surface area contributed by atoms with Gasteiger partial charge in [-0.15, -0.1) is 0 Å². The summed E-state index contributed by atoms with van der Waals surface area (Å²) in [5, 5.41) is 25.9. The van der Waals surface area contributed by atoms with E-state index in [2.05, 4.69) is 15.8 Å². The number of carbonyl (C=O) groups is 2. The van der Waals surface area contributed by atoms with Crippen molar-refractivity contribution < 1.29 is 19.8 Å². The summed E-state index contributed by atoms with van der Waals surface area (Å²) < 4.78 is 0. The highest BCUT2D eigenvalue weighted by atomic mass is 35.5. The molecule has 0 saturated carbocycles. The molecule has 0 aromatic heterocycles. The number of hydrogen-bond donors (Lipinski definition) is 4. The Hall–Kier alpha value is -4.30. The summed E-state index contributed by atoms with van der Waals surface area (Å²) in [6.45, 7) is 0. The fraction of sp³-hybridized carbons (Fsp3) is 0.0800. The van der Waals surface area contributed by atoms with Gasteiger partial charge < -0.3 is 20.4 Å². The Morgan fingerprint density at radius 1 is 1.00 bits per heavy atom. The van der Waals surface area contributed by atoms with Gasteiger partial charge in [-0.25, -0.2) is 5.43 Å². The molecule has 3 rings (SSSR count). The van der Waals surface area contributed by atoms with Gasteiger partial charge in [0.05, 0.1) is 16.8 Å². The summed E-state index contributed by atoms with van der Waals surface area (Å²) in [4.78, 5) is 27.6. The van der Waals surface area contributed by atoms with Crippen LogP contribution in [0.25, 0.3) is 6.08 Å². The normalized spacial score (nSPS) is 11.3.